The fraction of sp³-hybridized carbons (Fsp3) is 0.273. The van der Waals surface area contributed by atoms with Crippen LogP contribution in [0.4, 0.5) is 0 Å². The highest BCUT2D eigenvalue weighted by atomic mass is 16.2. The molecule has 0 radical (unpaired) electrons. The summed E-state index contributed by atoms with van der Waals surface area (Å²) < 4.78 is 0. The number of primary amides is 2. The van der Waals surface area contributed by atoms with Crippen molar-refractivity contribution in [2.45, 2.75) is 49.9 Å². The second-order valence-electron chi connectivity index (χ2n) is 10.7. The lowest BCUT2D eigenvalue weighted by Crippen LogP contribution is -2.58. The molecule has 242 valence electrons. The fourth-order valence-corrected chi connectivity index (χ4v) is 4.59. The van der Waals surface area contributed by atoms with Gasteiger partial charge in [0.25, 0.3) is 0 Å². The highest BCUT2D eigenvalue weighted by molar-refractivity contribution is 5.95. The van der Waals surface area contributed by atoms with E-state index in [-0.39, 0.29) is 19.3 Å². The maximum atomic E-state index is 13.7. The largest absolute Gasteiger partial charge is 0.370 e. The first-order chi connectivity index (χ1) is 22.0. The van der Waals surface area contributed by atoms with Crippen LogP contribution in [0.1, 0.15) is 23.1 Å². The molecule has 13 nitrogen and oxygen atoms in total. The van der Waals surface area contributed by atoms with Gasteiger partial charge in [0, 0.05) is 19.3 Å². The first-order valence-corrected chi connectivity index (χ1v) is 14.6. The van der Waals surface area contributed by atoms with Crippen LogP contribution in [0.2, 0.25) is 0 Å². The van der Waals surface area contributed by atoms with Gasteiger partial charge in [-0.2, -0.15) is 0 Å². The van der Waals surface area contributed by atoms with E-state index < -0.39 is 72.6 Å². The summed E-state index contributed by atoms with van der Waals surface area (Å²) in [5.74, 6) is -4.31. The maximum absolute atomic E-state index is 13.7. The number of hydrogen-bond acceptors (Lipinski definition) is 7. The van der Waals surface area contributed by atoms with Gasteiger partial charge in [0.15, 0.2) is 0 Å². The lowest BCUT2D eigenvalue weighted by molar-refractivity contribution is -0.133. The molecule has 0 aliphatic carbocycles. The molecule has 10 N–H and O–H groups in total. The van der Waals surface area contributed by atoms with Crippen LogP contribution < -0.4 is 38.5 Å². The summed E-state index contributed by atoms with van der Waals surface area (Å²) in [6.07, 6.45) is -0.116. The van der Waals surface area contributed by atoms with E-state index in [1.165, 1.54) is 0 Å². The molecule has 0 bridgehead atoms. The molecule has 0 fully saturated rings. The average Bonchev–Trinajstić information content (AvgIpc) is 3.03. The van der Waals surface area contributed by atoms with Crippen molar-refractivity contribution in [3.63, 3.8) is 0 Å². The molecule has 0 aliphatic heterocycles. The Morgan fingerprint density at radius 1 is 0.543 bits per heavy atom. The van der Waals surface area contributed by atoms with Crippen molar-refractivity contribution in [1.82, 2.24) is 21.3 Å². The van der Waals surface area contributed by atoms with Crippen molar-refractivity contribution in [2.24, 2.45) is 17.2 Å². The molecule has 0 aromatic heterocycles. The number of nitrogens with one attached hydrogen (secondary N) is 4. The number of hydrogen-bond donors (Lipinski definition) is 7. The van der Waals surface area contributed by atoms with Crippen LogP contribution in [0.15, 0.2) is 91.0 Å². The molecular formula is C33H39N7O6. The zero-order chi connectivity index (χ0) is 33.5. The van der Waals surface area contributed by atoms with E-state index in [4.69, 9.17) is 17.2 Å². The van der Waals surface area contributed by atoms with Gasteiger partial charge in [-0.05, 0) is 16.7 Å². The lowest BCUT2D eigenvalue weighted by Gasteiger charge is -2.25. The predicted molar refractivity (Wildman–Crippen MR) is 170 cm³/mol. The van der Waals surface area contributed by atoms with Crippen LogP contribution in [0.5, 0.6) is 0 Å². The standard InChI is InChI=1S/C33H39N7O6/c34-24(19-28(35)41)31(44)37-20-29(42)38-26(17-22-12-6-2-7-13-22)32(45)40-27(18-23-14-8-3-9-15-23)33(46)39-25(30(36)43)16-21-10-4-1-5-11-21/h1-15,24-27H,16-20,34H2,(H2,35,41)(H2,36,43)(H,37,44)(H,38,42)(H,39,46)(H,40,45)/t24-,25-,26-,27-/m0/s1. The molecule has 3 aromatic rings. The molecule has 46 heavy (non-hydrogen) atoms. The molecule has 0 spiro atoms. The van der Waals surface area contributed by atoms with Gasteiger partial charge in [-0.25, -0.2) is 0 Å². The van der Waals surface area contributed by atoms with Crippen molar-refractivity contribution in [3.05, 3.63) is 108 Å². The minimum atomic E-state index is -1.24. The smallest absolute Gasteiger partial charge is 0.243 e. The molecule has 6 amide bonds. The average molecular weight is 630 g/mol. The highest BCUT2D eigenvalue weighted by Crippen LogP contribution is 2.09. The van der Waals surface area contributed by atoms with Crippen LogP contribution >= 0.6 is 0 Å². The topological polar surface area (TPSA) is 229 Å². The Hall–Kier alpha value is -5.56. The summed E-state index contributed by atoms with van der Waals surface area (Å²) in [5, 5.41) is 10.3. The molecule has 0 saturated carbocycles. The number of nitrogens with two attached hydrogens (primary N) is 3. The minimum absolute atomic E-state index is 0.0607. The van der Waals surface area contributed by atoms with E-state index in [1.807, 2.05) is 12.1 Å². The summed E-state index contributed by atoms with van der Waals surface area (Å²) in [7, 11) is 0. The Balaban J connectivity index is 1.78. The molecule has 0 heterocycles. The molecule has 0 saturated heterocycles. The summed E-state index contributed by atoms with van der Waals surface area (Å²) in [6, 6.07) is 22.3. The summed E-state index contributed by atoms with van der Waals surface area (Å²) in [5.41, 5.74) is 18.5. The van der Waals surface area contributed by atoms with Gasteiger partial charge >= 0.3 is 0 Å². The number of benzene rings is 3. The first-order valence-electron chi connectivity index (χ1n) is 14.6. The van der Waals surface area contributed by atoms with Crippen molar-refractivity contribution < 1.29 is 28.8 Å². The Bertz CT molecular complexity index is 1490. The van der Waals surface area contributed by atoms with Crippen LogP contribution in [0, 0.1) is 0 Å². The Morgan fingerprint density at radius 2 is 0.935 bits per heavy atom. The monoisotopic (exact) mass is 629 g/mol. The van der Waals surface area contributed by atoms with Gasteiger partial charge in [0.05, 0.1) is 19.0 Å². The van der Waals surface area contributed by atoms with Crippen LogP contribution in [-0.4, -0.2) is 66.2 Å². The van der Waals surface area contributed by atoms with Crippen LogP contribution in [-0.2, 0) is 48.0 Å². The third-order valence-electron chi connectivity index (χ3n) is 6.97. The molecule has 4 atom stereocenters. The molecule has 13 heteroatoms. The number of carbonyl (C=O) groups is 6. The normalized spacial score (nSPS) is 13.2. The van der Waals surface area contributed by atoms with Crippen LogP contribution in [0.25, 0.3) is 0 Å². The van der Waals surface area contributed by atoms with E-state index in [1.54, 1.807) is 78.9 Å². The van der Waals surface area contributed by atoms with Crippen molar-refractivity contribution >= 4 is 35.4 Å². The van der Waals surface area contributed by atoms with Gasteiger partial charge < -0.3 is 38.5 Å². The third-order valence-corrected chi connectivity index (χ3v) is 6.97. The fourth-order valence-electron chi connectivity index (χ4n) is 4.59. The van der Waals surface area contributed by atoms with Crippen molar-refractivity contribution in [1.29, 1.82) is 0 Å². The van der Waals surface area contributed by atoms with E-state index in [9.17, 15) is 28.8 Å². The summed E-state index contributed by atoms with van der Waals surface area (Å²) in [4.78, 5) is 75.6. The van der Waals surface area contributed by atoms with Gasteiger partial charge in [-0.3, -0.25) is 28.8 Å². The molecule has 3 aromatic carbocycles. The van der Waals surface area contributed by atoms with Crippen molar-refractivity contribution in [3.8, 4) is 0 Å². The summed E-state index contributed by atoms with van der Waals surface area (Å²) >= 11 is 0. The number of amides is 6. The molecule has 3 rings (SSSR count). The van der Waals surface area contributed by atoms with Gasteiger partial charge in [-0.15, -0.1) is 0 Å². The van der Waals surface area contributed by atoms with E-state index in [2.05, 4.69) is 21.3 Å². The quantitative estimate of drug-likeness (QED) is 0.0981. The molecule has 0 aliphatic rings. The zero-order valence-electron chi connectivity index (χ0n) is 25.2. The van der Waals surface area contributed by atoms with Crippen LogP contribution in [0.3, 0.4) is 0 Å². The SMILES string of the molecule is NC(=O)C[C@H](N)C(=O)NCC(=O)N[C@@H](Cc1ccccc1)C(=O)N[C@@H](Cc1ccccc1)C(=O)N[C@@H](Cc1ccccc1)C(N)=O. The Labute approximate surface area is 266 Å². The number of carbonyl (C=O) groups excluding carboxylic acids is 6. The minimum Gasteiger partial charge on any atom is -0.370 e. The zero-order valence-corrected chi connectivity index (χ0v) is 25.2. The van der Waals surface area contributed by atoms with Gasteiger partial charge in [-0.1, -0.05) is 91.0 Å². The van der Waals surface area contributed by atoms with E-state index in [0.29, 0.717) is 0 Å². The van der Waals surface area contributed by atoms with Gasteiger partial charge in [0.1, 0.15) is 18.1 Å². The predicted octanol–water partition coefficient (Wildman–Crippen LogP) is -1.03. The summed E-state index contributed by atoms with van der Waals surface area (Å²) in [6.45, 7) is -0.530. The molecule has 0 unspecified atom stereocenters. The second-order valence-corrected chi connectivity index (χ2v) is 10.7. The lowest BCUT2D eigenvalue weighted by atomic mass is 10.0. The highest BCUT2D eigenvalue weighted by Gasteiger charge is 2.30. The maximum Gasteiger partial charge on any atom is 0.243 e. The molecular weight excluding hydrogens is 590 g/mol. The van der Waals surface area contributed by atoms with E-state index >= 15 is 0 Å². The van der Waals surface area contributed by atoms with Gasteiger partial charge in [0.2, 0.25) is 35.4 Å². The third kappa shape index (κ3) is 11.8. The van der Waals surface area contributed by atoms with E-state index in [0.717, 1.165) is 16.7 Å². The number of rotatable bonds is 17. The Morgan fingerprint density at radius 3 is 1.35 bits per heavy atom. The second kappa shape index (κ2) is 17.7. The Kier molecular flexibility index (Phi) is 13.4. The van der Waals surface area contributed by atoms with Crippen molar-refractivity contribution in [2.75, 3.05) is 6.54 Å². The first kappa shape index (κ1) is 34.9.